The molecule has 2 rings (SSSR count). The summed E-state index contributed by atoms with van der Waals surface area (Å²) in [6.45, 7) is 4.10. The number of aromatic nitrogens is 1. The molecule has 0 atom stereocenters. The number of carbonyl (C=O) groups excluding carboxylic acids is 1. The van der Waals surface area contributed by atoms with Gasteiger partial charge in [0.15, 0.2) is 0 Å². The normalized spacial score (nSPS) is 17.4. The van der Waals surface area contributed by atoms with Crippen LogP contribution in [0.5, 0.6) is 0 Å². The standard InChI is InChI=1S/C11H16ClN3OS/c1-8(16)15-4-2-9(3-5-15)13-7-11-14-6-10(12)17-11/h6,9,13H,2-5,7H2,1H3. The van der Waals surface area contributed by atoms with Crippen molar-refractivity contribution in [3.05, 3.63) is 15.5 Å². The van der Waals surface area contributed by atoms with E-state index in [1.165, 1.54) is 11.3 Å². The summed E-state index contributed by atoms with van der Waals surface area (Å²) < 4.78 is 0.730. The number of piperidine rings is 1. The van der Waals surface area contributed by atoms with Crippen molar-refractivity contribution >= 4 is 28.8 Å². The quantitative estimate of drug-likeness (QED) is 0.915. The predicted molar refractivity (Wildman–Crippen MR) is 69.2 cm³/mol. The number of halogens is 1. The van der Waals surface area contributed by atoms with E-state index in [2.05, 4.69) is 10.3 Å². The maximum Gasteiger partial charge on any atom is 0.219 e. The van der Waals surface area contributed by atoms with Crippen molar-refractivity contribution in [3.63, 3.8) is 0 Å². The van der Waals surface area contributed by atoms with Gasteiger partial charge in [-0.25, -0.2) is 4.98 Å². The molecule has 6 heteroatoms. The first-order valence-corrected chi connectivity index (χ1v) is 6.93. The van der Waals surface area contributed by atoms with Gasteiger partial charge in [0.2, 0.25) is 5.91 Å². The van der Waals surface area contributed by atoms with E-state index in [1.807, 2.05) is 4.90 Å². The lowest BCUT2D eigenvalue weighted by Crippen LogP contribution is -2.43. The third-order valence-electron chi connectivity index (χ3n) is 3.01. The first-order valence-electron chi connectivity index (χ1n) is 5.74. The molecule has 17 heavy (non-hydrogen) atoms. The number of likely N-dealkylation sites (tertiary alicyclic amines) is 1. The minimum Gasteiger partial charge on any atom is -0.343 e. The van der Waals surface area contributed by atoms with Crippen LogP contribution in [0, 0.1) is 0 Å². The Balaban J connectivity index is 1.73. The molecule has 0 radical (unpaired) electrons. The highest BCUT2D eigenvalue weighted by Gasteiger charge is 2.20. The Bertz CT molecular complexity index is 388. The van der Waals surface area contributed by atoms with Crippen molar-refractivity contribution in [1.29, 1.82) is 0 Å². The van der Waals surface area contributed by atoms with Gasteiger partial charge in [-0.2, -0.15) is 0 Å². The number of nitrogens with zero attached hydrogens (tertiary/aromatic N) is 2. The molecule has 1 N–H and O–H groups in total. The second-order valence-corrected chi connectivity index (χ2v) is 5.97. The van der Waals surface area contributed by atoms with Crippen LogP contribution in [0.4, 0.5) is 0 Å². The number of amides is 1. The van der Waals surface area contributed by atoms with Crippen LogP contribution in [0.1, 0.15) is 24.8 Å². The minimum absolute atomic E-state index is 0.176. The summed E-state index contributed by atoms with van der Waals surface area (Å²) in [6, 6.07) is 0.480. The fourth-order valence-corrected chi connectivity index (χ4v) is 2.91. The zero-order chi connectivity index (χ0) is 12.3. The summed E-state index contributed by atoms with van der Waals surface area (Å²) in [5.74, 6) is 0.176. The average molecular weight is 274 g/mol. The number of rotatable bonds is 3. The lowest BCUT2D eigenvalue weighted by molar-refractivity contribution is -0.129. The summed E-state index contributed by atoms with van der Waals surface area (Å²) in [4.78, 5) is 17.3. The van der Waals surface area contributed by atoms with Crippen LogP contribution >= 0.6 is 22.9 Å². The Morgan fingerprint density at radius 1 is 1.65 bits per heavy atom. The van der Waals surface area contributed by atoms with Crippen LogP contribution in [0.3, 0.4) is 0 Å². The number of hydrogen-bond acceptors (Lipinski definition) is 4. The summed E-state index contributed by atoms with van der Waals surface area (Å²) in [5, 5.41) is 4.48. The van der Waals surface area contributed by atoms with Crippen molar-refractivity contribution in [1.82, 2.24) is 15.2 Å². The first-order chi connectivity index (χ1) is 8.15. The molecule has 1 saturated heterocycles. The molecule has 1 amide bonds. The van der Waals surface area contributed by atoms with Gasteiger partial charge >= 0.3 is 0 Å². The number of carbonyl (C=O) groups is 1. The van der Waals surface area contributed by atoms with Gasteiger partial charge in [0.1, 0.15) is 9.34 Å². The molecule has 0 unspecified atom stereocenters. The SMILES string of the molecule is CC(=O)N1CCC(NCc2ncc(Cl)s2)CC1. The zero-order valence-corrected chi connectivity index (χ0v) is 11.4. The molecule has 1 aromatic rings. The van der Waals surface area contributed by atoms with E-state index >= 15 is 0 Å². The molecule has 1 aromatic heterocycles. The molecule has 2 heterocycles. The Kier molecular flexibility index (Phi) is 4.36. The van der Waals surface area contributed by atoms with E-state index in [0.717, 1.165) is 41.8 Å². The Morgan fingerprint density at radius 3 is 2.88 bits per heavy atom. The van der Waals surface area contributed by atoms with Crippen molar-refractivity contribution in [3.8, 4) is 0 Å². The summed E-state index contributed by atoms with van der Waals surface area (Å²) >= 11 is 7.33. The Hall–Kier alpha value is -0.650. The maximum absolute atomic E-state index is 11.2. The Morgan fingerprint density at radius 2 is 2.35 bits per heavy atom. The van der Waals surface area contributed by atoms with E-state index in [4.69, 9.17) is 11.6 Å². The third kappa shape index (κ3) is 3.66. The van der Waals surface area contributed by atoms with Crippen LogP contribution < -0.4 is 5.32 Å². The van der Waals surface area contributed by atoms with Gasteiger partial charge in [-0.3, -0.25) is 4.79 Å². The maximum atomic E-state index is 11.2. The largest absolute Gasteiger partial charge is 0.343 e. The van der Waals surface area contributed by atoms with E-state index in [9.17, 15) is 4.79 Å². The number of thiazole rings is 1. The van der Waals surface area contributed by atoms with Gasteiger partial charge in [0.05, 0.1) is 6.20 Å². The summed E-state index contributed by atoms with van der Waals surface area (Å²) in [5.41, 5.74) is 0. The van der Waals surface area contributed by atoms with E-state index in [0.29, 0.717) is 6.04 Å². The van der Waals surface area contributed by atoms with Gasteiger partial charge in [0.25, 0.3) is 0 Å². The lowest BCUT2D eigenvalue weighted by Gasteiger charge is -2.31. The molecule has 94 valence electrons. The monoisotopic (exact) mass is 273 g/mol. The van der Waals surface area contributed by atoms with Crippen LogP contribution in [-0.4, -0.2) is 34.9 Å². The highest BCUT2D eigenvalue weighted by molar-refractivity contribution is 7.15. The molecule has 0 bridgehead atoms. The van der Waals surface area contributed by atoms with E-state index in [1.54, 1.807) is 13.1 Å². The molecule has 4 nitrogen and oxygen atoms in total. The fraction of sp³-hybridized carbons (Fsp3) is 0.636. The molecule has 1 aliphatic heterocycles. The fourth-order valence-electron chi connectivity index (χ4n) is 2.00. The van der Waals surface area contributed by atoms with Crippen molar-refractivity contribution in [2.45, 2.75) is 32.4 Å². The van der Waals surface area contributed by atoms with Crippen molar-refractivity contribution in [2.75, 3.05) is 13.1 Å². The third-order valence-corrected chi connectivity index (χ3v) is 4.12. The molecule has 1 aliphatic rings. The van der Waals surface area contributed by atoms with Gasteiger partial charge in [-0.05, 0) is 12.8 Å². The van der Waals surface area contributed by atoms with Crippen molar-refractivity contribution < 1.29 is 4.79 Å². The molecular formula is C11H16ClN3OS. The summed E-state index contributed by atoms with van der Waals surface area (Å²) in [7, 11) is 0. The van der Waals surface area contributed by atoms with Crippen LogP contribution in [-0.2, 0) is 11.3 Å². The second-order valence-electron chi connectivity index (χ2n) is 4.22. The lowest BCUT2D eigenvalue weighted by atomic mass is 10.1. The number of nitrogens with one attached hydrogen (secondary N) is 1. The van der Waals surface area contributed by atoms with Crippen LogP contribution in [0.2, 0.25) is 4.34 Å². The average Bonchev–Trinajstić information content (AvgIpc) is 2.73. The van der Waals surface area contributed by atoms with E-state index in [-0.39, 0.29) is 5.91 Å². The van der Waals surface area contributed by atoms with Gasteiger partial charge in [-0.1, -0.05) is 11.6 Å². The van der Waals surface area contributed by atoms with Gasteiger partial charge in [0, 0.05) is 32.6 Å². The molecule has 0 aromatic carbocycles. The van der Waals surface area contributed by atoms with Gasteiger partial charge < -0.3 is 10.2 Å². The second kappa shape index (κ2) is 5.80. The Labute approximate surface area is 110 Å². The number of hydrogen-bond donors (Lipinski definition) is 1. The molecule has 0 saturated carbocycles. The summed E-state index contributed by atoms with van der Waals surface area (Å²) in [6.07, 6.45) is 3.71. The molecular weight excluding hydrogens is 258 g/mol. The van der Waals surface area contributed by atoms with Crippen LogP contribution in [0.25, 0.3) is 0 Å². The molecule has 0 aliphatic carbocycles. The van der Waals surface area contributed by atoms with E-state index < -0.39 is 0 Å². The predicted octanol–water partition coefficient (Wildman–Crippen LogP) is 1.90. The highest BCUT2D eigenvalue weighted by Crippen LogP contribution is 2.18. The molecule has 1 fully saturated rings. The molecule has 0 spiro atoms. The topological polar surface area (TPSA) is 45.2 Å². The first kappa shape index (κ1) is 12.8. The zero-order valence-electron chi connectivity index (χ0n) is 9.78. The van der Waals surface area contributed by atoms with Gasteiger partial charge in [-0.15, -0.1) is 11.3 Å². The van der Waals surface area contributed by atoms with Crippen molar-refractivity contribution in [2.24, 2.45) is 0 Å². The smallest absolute Gasteiger partial charge is 0.219 e. The highest BCUT2D eigenvalue weighted by atomic mass is 35.5. The minimum atomic E-state index is 0.176. The van der Waals surface area contributed by atoms with Crippen LogP contribution in [0.15, 0.2) is 6.20 Å².